The summed E-state index contributed by atoms with van der Waals surface area (Å²) in [5.41, 5.74) is -0.980. The number of alkyl halides is 3. The van der Waals surface area contributed by atoms with Gasteiger partial charge in [-0.15, -0.1) is 10.2 Å². The number of halogens is 3. The van der Waals surface area contributed by atoms with Crippen molar-refractivity contribution >= 4 is 5.82 Å². The quantitative estimate of drug-likeness (QED) is 0.816. The van der Waals surface area contributed by atoms with Crippen molar-refractivity contribution in [3.63, 3.8) is 0 Å². The van der Waals surface area contributed by atoms with Crippen molar-refractivity contribution in [3.05, 3.63) is 34.1 Å². The Bertz CT molecular complexity index is 929. The van der Waals surface area contributed by atoms with E-state index in [1.54, 1.807) is 0 Å². The van der Waals surface area contributed by atoms with E-state index in [9.17, 15) is 18.0 Å². The van der Waals surface area contributed by atoms with Crippen LogP contribution in [0.25, 0.3) is 11.4 Å². The number of hydrogen-bond donors (Lipinski definition) is 1. The van der Waals surface area contributed by atoms with Crippen LogP contribution in [0.5, 0.6) is 5.75 Å². The van der Waals surface area contributed by atoms with E-state index in [0.29, 0.717) is 0 Å². The van der Waals surface area contributed by atoms with Gasteiger partial charge < -0.3 is 15.0 Å². The van der Waals surface area contributed by atoms with Crippen molar-refractivity contribution in [2.24, 2.45) is 7.05 Å². The lowest BCUT2D eigenvalue weighted by Gasteiger charge is -2.32. The van der Waals surface area contributed by atoms with Gasteiger partial charge >= 0.3 is 6.18 Å². The molecule has 1 fully saturated rings. The molecule has 0 amide bonds. The molecule has 0 bridgehead atoms. The van der Waals surface area contributed by atoms with E-state index in [1.807, 2.05) is 0 Å². The van der Waals surface area contributed by atoms with Crippen LogP contribution < -0.4 is 15.6 Å². The van der Waals surface area contributed by atoms with Crippen molar-refractivity contribution in [3.8, 4) is 17.1 Å². The number of methoxy groups -OCH3 is 1. The minimum atomic E-state index is -4.50. The molecular formula is C19H24F3N5O2. The van der Waals surface area contributed by atoms with Crippen molar-refractivity contribution < 1.29 is 17.9 Å². The van der Waals surface area contributed by atoms with Gasteiger partial charge in [-0.2, -0.15) is 13.2 Å². The summed E-state index contributed by atoms with van der Waals surface area (Å²) in [6, 6.07) is 3.14. The molecule has 1 aromatic heterocycles. The molecule has 0 aliphatic carbocycles. The summed E-state index contributed by atoms with van der Waals surface area (Å²) in [5, 5.41) is 11.3. The Kier molecular flexibility index (Phi) is 6.11. The van der Waals surface area contributed by atoms with Crippen LogP contribution in [0.15, 0.2) is 23.0 Å². The van der Waals surface area contributed by atoms with Crippen LogP contribution in [0.2, 0.25) is 0 Å². The number of ether oxygens (including phenoxy) is 1. The second-order valence-corrected chi connectivity index (χ2v) is 7.03. The Morgan fingerprint density at radius 2 is 2.07 bits per heavy atom. The van der Waals surface area contributed by atoms with Crippen LogP contribution >= 0.6 is 0 Å². The third kappa shape index (κ3) is 4.52. The molecule has 1 atom stereocenters. The van der Waals surface area contributed by atoms with Gasteiger partial charge in [-0.05, 0) is 44.1 Å². The number of likely N-dealkylation sites (N-methyl/N-ethyl adjacent to an activating group) is 1. The predicted octanol–water partition coefficient (Wildman–Crippen LogP) is 2.77. The molecule has 1 aliphatic rings. The lowest BCUT2D eigenvalue weighted by atomic mass is 10.1. The lowest BCUT2D eigenvalue weighted by molar-refractivity contribution is -0.137. The standard InChI is InChI=1S/C19H24F3N5O2/c1-4-27-9-5-6-13(11-27)23-16-18(28)26(2)17(25-24-16)14-8-7-12(19(20,21)22)10-15(14)29-3/h7-8,10,13H,4-6,9,11H2,1-3H3,(H,23,24). The molecular weight excluding hydrogens is 387 g/mol. The first-order valence-corrected chi connectivity index (χ1v) is 9.42. The lowest BCUT2D eigenvalue weighted by Crippen LogP contribution is -2.43. The van der Waals surface area contributed by atoms with E-state index in [-0.39, 0.29) is 29.0 Å². The SMILES string of the molecule is CCN1CCCC(Nc2nnc(-c3ccc(C(F)(F)F)cc3OC)n(C)c2=O)C1. The number of nitrogens with one attached hydrogen (secondary N) is 1. The normalized spacial score (nSPS) is 17.9. The van der Waals surface area contributed by atoms with E-state index in [2.05, 4.69) is 27.3 Å². The zero-order chi connectivity index (χ0) is 21.2. The van der Waals surface area contributed by atoms with Crippen LogP contribution in [0.4, 0.5) is 19.0 Å². The molecule has 0 spiro atoms. The van der Waals surface area contributed by atoms with Gasteiger partial charge in [-0.25, -0.2) is 0 Å². The maximum atomic E-state index is 13.0. The van der Waals surface area contributed by atoms with Gasteiger partial charge in [0.25, 0.3) is 5.56 Å². The largest absolute Gasteiger partial charge is 0.496 e. The molecule has 7 nitrogen and oxygen atoms in total. The van der Waals surface area contributed by atoms with Crippen molar-refractivity contribution in [1.29, 1.82) is 0 Å². The summed E-state index contributed by atoms with van der Waals surface area (Å²) in [7, 11) is 2.77. The zero-order valence-corrected chi connectivity index (χ0v) is 16.6. The number of rotatable bonds is 5. The number of benzene rings is 1. The summed E-state index contributed by atoms with van der Waals surface area (Å²) in [6.07, 6.45) is -2.54. The Morgan fingerprint density at radius 1 is 1.31 bits per heavy atom. The first-order chi connectivity index (χ1) is 13.7. The molecule has 158 valence electrons. The number of anilines is 1. The summed E-state index contributed by atoms with van der Waals surface area (Å²) in [4.78, 5) is 15.1. The van der Waals surface area contributed by atoms with E-state index in [4.69, 9.17) is 4.74 Å². The third-order valence-corrected chi connectivity index (χ3v) is 5.13. The van der Waals surface area contributed by atoms with Crippen molar-refractivity contribution in [1.82, 2.24) is 19.7 Å². The average molecular weight is 411 g/mol. The smallest absolute Gasteiger partial charge is 0.416 e. The summed E-state index contributed by atoms with van der Waals surface area (Å²) in [5.74, 6) is 0.228. The second kappa shape index (κ2) is 8.40. The average Bonchev–Trinajstić information content (AvgIpc) is 2.70. The van der Waals surface area contributed by atoms with Crippen molar-refractivity contribution in [2.45, 2.75) is 32.0 Å². The molecule has 0 radical (unpaired) electrons. The van der Waals surface area contributed by atoms with Crippen LogP contribution in [0.1, 0.15) is 25.3 Å². The highest BCUT2D eigenvalue weighted by atomic mass is 19.4. The maximum Gasteiger partial charge on any atom is 0.416 e. The fraction of sp³-hybridized carbons (Fsp3) is 0.526. The minimum absolute atomic E-state index is 0.0318. The fourth-order valence-corrected chi connectivity index (χ4v) is 3.49. The highest BCUT2D eigenvalue weighted by molar-refractivity contribution is 5.65. The van der Waals surface area contributed by atoms with Crippen LogP contribution in [-0.4, -0.2) is 52.5 Å². The third-order valence-electron chi connectivity index (χ3n) is 5.13. The Morgan fingerprint density at radius 3 is 2.72 bits per heavy atom. The number of hydrogen-bond acceptors (Lipinski definition) is 6. The first kappa shape index (κ1) is 21.1. The van der Waals surface area contributed by atoms with Crippen molar-refractivity contribution in [2.75, 3.05) is 32.1 Å². The van der Waals surface area contributed by atoms with E-state index in [0.717, 1.165) is 44.6 Å². The molecule has 3 rings (SSSR count). The first-order valence-electron chi connectivity index (χ1n) is 9.42. The van der Waals surface area contributed by atoms with E-state index in [1.165, 1.54) is 24.8 Å². The monoisotopic (exact) mass is 411 g/mol. The Hall–Kier alpha value is -2.62. The zero-order valence-electron chi connectivity index (χ0n) is 16.6. The molecule has 1 unspecified atom stereocenters. The molecule has 1 saturated heterocycles. The van der Waals surface area contributed by atoms with Gasteiger partial charge in [0.1, 0.15) is 5.75 Å². The van der Waals surface area contributed by atoms with Crippen LogP contribution in [0.3, 0.4) is 0 Å². The summed E-state index contributed by atoms with van der Waals surface area (Å²) >= 11 is 0. The van der Waals surface area contributed by atoms with Gasteiger partial charge in [-0.1, -0.05) is 6.92 Å². The van der Waals surface area contributed by atoms with E-state index >= 15 is 0 Å². The van der Waals surface area contributed by atoms with Gasteiger partial charge in [-0.3, -0.25) is 9.36 Å². The highest BCUT2D eigenvalue weighted by Gasteiger charge is 2.32. The molecule has 1 N–H and O–H groups in total. The molecule has 10 heteroatoms. The highest BCUT2D eigenvalue weighted by Crippen LogP contribution is 2.36. The van der Waals surface area contributed by atoms with Crippen LogP contribution in [0, 0.1) is 0 Å². The number of likely N-dealkylation sites (tertiary alicyclic amines) is 1. The molecule has 29 heavy (non-hydrogen) atoms. The predicted molar refractivity (Wildman–Crippen MR) is 103 cm³/mol. The van der Waals surface area contributed by atoms with Gasteiger partial charge in [0.05, 0.1) is 18.2 Å². The molecule has 1 aromatic carbocycles. The fourth-order valence-electron chi connectivity index (χ4n) is 3.49. The minimum Gasteiger partial charge on any atom is -0.496 e. The van der Waals surface area contributed by atoms with Gasteiger partial charge in [0.2, 0.25) is 5.82 Å². The maximum absolute atomic E-state index is 13.0. The molecule has 0 saturated carbocycles. The number of piperidine rings is 1. The number of nitrogens with zero attached hydrogens (tertiary/aromatic N) is 4. The second-order valence-electron chi connectivity index (χ2n) is 7.03. The topological polar surface area (TPSA) is 72.3 Å². The Balaban J connectivity index is 1.91. The molecule has 2 heterocycles. The Labute approximate surface area is 166 Å². The van der Waals surface area contributed by atoms with Crippen LogP contribution in [-0.2, 0) is 13.2 Å². The van der Waals surface area contributed by atoms with Gasteiger partial charge in [0.15, 0.2) is 5.82 Å². The molecule has 1 aliphatic heterocycles. The van der Waals surface area contributed by atoms with E-state index < -0.39 is 17.3 Å². The number of aromatic nitrogens is 3. The summed E-state index contributed by atoms with van der Waals surface area (Å²) in [6.45, 7) is 4.88. The summed E-state index contributed by atoms with van der Waals surface area (Å²) < 4.78 is 45.2. The van der Waals surface area contributed by atoms with Gasteiger partial charge in [0, 0.05) is 19.6 Å². The molecule has 2 aromatic rings.